The van der Waals surface area contributed by atoms with Gasteiger partial charge < -0.3 is 14.9 Å². The lowest BCUT2D eigenvalue weighted by molar-refractivity contribution is 0.290. The molecule has 2 N–H and O–H groups in total. The van der Waals surface area contributed by atoms with Gasteiger partial charge in [0.1, 0.15) is 0 Å². The molecule has 0 radical (unpaired) electrons. The molecule has 3 rings (SSSR count). The van der Waals surface area contributed by atoms with E-state index in [0.717, 1.165) is 24.0 Å². The minimum Gasteiger partial charge on any atom is -0.437 e. The van der Waals surface area contributed by atoms with E-state index in [1.165, 1.54) is 11.1 Å². The van der Waals surface area contributed by atoms with Gasteiger partial charge in [0.2, 0.25) is 0 Å². The smallest absolute Gasteiger partial charge is 0.376 e. The molecule has 2 atom stereocenters. The summed E-state index contributed by atoms with van der Waals surface area (Å²) in [5.74, 6) is 6.57. The van der Waals surface area contributed by atoms with E-state index in [9.17, 15) is 5.02 Å². The quantitative estimate of drug-likeness (QED) is 0.393. The minimum atomic E-state index is -0.534. The van der Waals surface area contributed by atoms with Crippen LogP contribution >= 0.6 is 23.2 Å². The summed E-state index contributed by atoms with van der Waals surface area (Å²) in [6, 6.07) is 12.3. The minimum absolute atomic E-state index is 0.128. The van der Waals surface area contributed by atoms with Crippen molar-refractivity contribution in [3.63, 3.8) is 0 Å². The molecule has 6 heteroatoms. The lowest BCUT2D eigenvalue weighted by Crippen LogP contribution is -2.38. The summed E-state index contributed by atoms with van der Waals surface area (Å²) in [6.45, 7) is 1.95. The van der Waals surface area contributed by atoms with Crippen LogP contribution in [0.25, 0.3) is 0 Å². The van der Waals surface area contributed by atoms with Crippen LogP contribution in [0.4, 0.5) is 0 Å². The topological polar surface area (TPSA) is 43.7 Å². The van der Waals surface area contributed by atoms with Crippen LogP contribution in [0.3, 0.4) is 0 Å². The first kappa shape index (κ1) is 22.2. The molecule has 0 amide bonds. The van der Waals surface area contributed by atoms with Gasteiger partial charge in [-0.3, -0.25) is 0 Å². The van der Waals surface area contributed by atoms with Gasteiger partial charge in [-0.2, -0.15) is 0 Å². The molecule has 2 aromatic rings. The first-order valence-corrected chi connectivity index (χ1v) is 10.8. The highest BCUT2D eigenvalue weighted by atomic mass is 35.5. The lowest BCUT2D eigenvalue weighted by atomic mass is 9.72. The molecular weight excluding hydrogens is 404 g/mol. The number of aliphatic hydroxyl groups excluding tert-OH is 1. The van der Waals surface area contributed by atoms with Gasteiger partial charge in [-0.25, -0.2) is 0 Å². The second-order valence-corrected chi connectivity index (χ2v) is 8.40. The van der Waals surface area contributed by atoms with Crippen molar-refractivity contribution in [3.05, 3.63) is 68.7 Å². The fourth-order valence-electron chi connectivity index (χ4n) is 3.98. The first-order valence-electron chi connectivity index (χ1n) is 10.0. The monoisotopic (exact) mass is 429 g/mol. The van der Waals surface area contributed by atoms with Gasteiger partial charge in [-0.1, -0.05) is 47.2 Å². The Labute approximate surface area is 183 Å². The van der Waals surface area contributed by atoms with E-state index in [-0.39, 0.29) is 18.6 Å². The van der Waals surface area contributed by atoms with E-state index >= 15 is 0 Å². The molecule has 3 nitrogen and oxygen atoms in total. The highest BCUT2D eigenvalue weighted by molar-refractivity contribution is 6.45. The van der Waals surface area contributed by atoms with Gasteiger partial charge in [0.25, 0.3) is 0 Å². The second kappa shape index (κ2) is 10.0. The van der Waals surface area contributed by atoms with Crippen molar-refractivity contribution in [3.8, 4) is 11.8 Å². The molecule has 0 saturated carbocycles. The maximum absolute atomic E-state index is 10.2. The van der Waals surface area contributed by atoms with Crippen LogP contribution in [-0.4, -0.2) is 35.6 Å². The molecule has 0 bridgehead atoms. The van der Waals surface area contributed by atoms with Crippen LogP contribution in [0.15, 0.2) is 36.4 Å². The highest BCUT2D eigenvalue weighted by Gasteiger charge is 2.33. The number of aliphatic hydroxyl groups is 1. The number of rotatable bonds is 5. The van der Waals surface area contributed by atoms with Crippen LogP contribution < -0.4 is 0 Å². The number of fused-ring (bicyclic) bond motifs is 1. The average molecular weight is 430 g/mol. The Hall–Kier alpha value is -1.48. The van der Waals surface area contributed by atoms with Crippen molar-refractivity contribution < 1.29 is 10.1 Å². The largest absolute Gasteiger partial charge is 0.437 e. The molecule has 1 aliphatic rings. The van der Waals surface area contributed by atoms with Crippen molar-refractivity contribution in [2.75, 3.05) is 13.7 Å². The van der Waals surface area contributed by atoms with Gasteiger partial charge in [-0.05, 0) is 74.1 Å². The third-order valence-electron chi connectivity index (χ3n) is 5.67. The molecule has 1 aliphatic carbocycles. The van der Waals surface area contributed by atoms with Gasteiger partial charge in [-0.15, -0.1) is 0 Å². The maximum Gasteiger partial charge on any atom is 0.376 e. The summed E-state index contributed by atoms with van der Waals surface area (Å²) in [7, 11) is 1.42. The zero-order valence-corrected chi connectivity index (χ0v) is 18.3. The summed E-state index contributed by atoms with van der Waals surface area (Å²) >= 11 is 12.4. The number of halogens is 2. The standard InChI is InChI=1S/C23H26BCl2NO2/c1-24(29)27(2)23-12-10-18(17-8-11-21(25)22(26)15-17)19-9-7-16(14-20(19)23)6-4-3-5-13-28/h7-9,11,14-15,18,23,28-29H,3,5,10,12-13H2,1-2H3/t18-,23-/m0/s1. The van der Waals surface area contributed by atoms with Gasteiger partial charge in [0, 0.05) is 30.6 Å². The molecule has 0 fully saturated rings. The first-order chi connectivity index (χ1) is 13.9. The number of unbranched alkanes of at least 4 members (excludes halogenated alkanes) is 1. The molecule has 0 aliphatic heterocycles. The Bertz CT molecular complexity index is 923. The molecular formula is C23H26BCl2NO2. The second-order valence-electron chi connectivity index (χ2n) is 7.59. The number of hydrogen-bond donors (Lipinski definition) is 2. The van der Waals surface area contributed by atoms with Crippen LogP contribution in [0.2, 0.25) is 16.9 Å². The fourth-order valence-corrected chi connectivity index (χ4v) is 4.29. The summed E-state index contributed by atoms with van der Waals surface area (Å²) in [5.41, 5.74) is 4.55. The van der Waals surface area contributed by atoms with Crippen LogP contribution in [0.5, 0.6) is 0 Å². The Morgan fingerprint density at radius 2 is 1.90 bits per heavy atom. The van der Waals surface area contributed by atoms with E-state index in [2.05, 4.69) is 30.0 Å². The number of hydrogen-bond acceptors (Lipinski definition) is 3. The Morgan fingerprint density at radius 1 is 1.10 bits per heavy atom. The van der Waals surface area contributed by atoms with Gasteiger partial charge >= 0.3 is 7.05 Å². The van der Waals surface area contributed by atoms with Crippen LogP contribution in [0, 0.1) is 11.8 Å². The molecule has 2 aromatic carbocycles. The molecule has 0 unspecified atom stereocenters. The van der Waals surface area contributed by atoms with Crippen molar-refractivity contribution in [1.82, 2.24) is 4.81 Å². The Morgan fingerprint density at radius 3 is 2.59 bits per heavy atom. The van der Waals surface area contributed by atoms with Crippen molar-refractivity contribution >= 4 is 30.3 Å². The molecule has 152 valence electrons. The van der Waals surface area contributed by atoms with E-state index in [4.69, 9.17) is 28.3 Å². The number of benzene rings is 2. The molecule has 0 heterocycles. The van der Waals surface area contributed by atoms with Gasteiger partial charge in [0.15, 0.2) is 0 Å². The summed E-state index contributed by atoms with van der Waals surface area (Å²) < 4.78 is 0. The molecule has 0 spiro atoms. The average Bonchev–Trinajstić information content (AvgIpc) is 2.71. The predicted octanol–water partition coefficient (Wildman–Crippen LogP) is 5.13. The Balaban J connectivity index is 2.01. The highest BCUT2D eigenvalue weighted by Crippen LogP contribution is 2.44. The van der Waals surface area contributed by atoms with E-state index in [1.807, 2.05) is 30.1 Å². The van der Waals surface area contributed by atoms with Crippen LogP contribution in [0.1, 0.15) is 59.9 Å². The van der Waals surface area contributed by atoms with E-state index in [0.29, 0.717) is 22.9 Å². The zero-order valence-electron chi connectivity index (χ0n) is 16.8. The van der Waals surface area contributed by atoms with E-state index < -0.39 is 7.05 Å². The lowest BCUT2D eigenvalue weighted by Gasteiger charge is -2.38. The van der Waals surface area contributed by atoms with Crippen molar-refractivity contribution in [2.24, 2.45) is 0 Å². The SMILES string of the molecule is CB(O)N(C)[C@H]1CC[C@@H](c2ccc(Cl)c(Cl)c2)c2ccc(C#CCCCO)cc21. The van der Waals surface area contributed by atoms with Crippen molar-refractivity contribution in [1.29, 1.82) is 0 Å². The fraction of sp³-hybridized carbons (Fsp3) is 0.391. The third-order valence-corrected chi connectivity index (χ3v) is 6.41. The summed E-state index contributed by atoms with van der Waals surface area (Å²) in [6.07, 6.45) is 3.26. The molecule has 29 heavy (non-hydrogen) atoms. The Kier molecular flexibility index (Phi) is 7.68. The third kappa shape index (κ3) is 5.17. The normalized spacial score (nSPS) is 18.2. The maximum atomic E-state index is 10.2. The van der Waals surface area contributed by atoms with Crippen LogP contribution in [-0.2, 0) is 0 Å². The molecule has 0 aromatic heterocycles. The van der Waals surface area contributed by atoms with Crippen molar-refractivity contribution in [2.45, 2.75) is 44.5 Å². The molecule has 0 saturated heterocycles. The number of nitrogens with zero attached hydrogens (tertiary/aromatic N) is 1. The van der Waals surface area contributed by atoms with Gasteiger partial charge in [0.05, 0.1) is 10.0 Å². The van der Waals surface area contributed by atoms with E-state index in [1.54, 1.807) is 6.82 Å². The predicted molar refractivity (Wildman–Crippen MR) is 122 cm³/mol. The zero-order chi connectivity index (χ0) is 21.0. The summed E-state index contributed by atoms with van der Waals surface area (Å²) in [4.78, 5) is 2.01. The summed E-state index contributed by atoms with van der Waals surface area (Å²) in [5, 5.41) is 20.2.